The molecule has 2 aromatic carbocycles. The number of rotatable bonds is 10. The quantitative estimate of drug-likeness (QED) is 0.409. The molecule has 0 saturated heterocycles. The minimum Gasteiger partial charge on any atom is -0.478 e. The van der Waals surface area contributed by atoms with Crippen LogP contribution in [-0.4, -0.2) is 53.6 Å². The molecule has 1 aliphatic carbocycles. The van der Waals surface area contributed by atoms with Crippen molar-refractivity contribution in [2.45, 2.75) is 75.8 Å². The first-order valence-corrected chi connectivity index (χ1v) is 14.1. The Kier molecular flexibility index (Phi) is 9.29. The average molecular weight is 524 g/mol. The van der Waals surface area contributed by atoms with Gasteiger partial charge in [0.05, 0.1) is 23.9 Å². The molecule has 198 valence electrons. The number of hydrogen-bond acceptors (Lipinski definition) is 6. The second-order valence-corrected chi connectivity index (χ2v) is 10.7. The highest BCUT2D eigenvalue weighted by atomic mass is 32.2. The van der Waals surface area contributed by atoms with E-state index in [1.165, 1.54) is 17.5 Å². The number of nitrogens with one attached hydrogen (secondary N) is 2. The van der Waals surface area contributed by atoms with Gasteiger partial charge >= 0.3 is 5.97 Å². The number of para-hydroxylation sites is 1. The Hall–Kier alpha value is -2.81. The Morgan fingerprint density at radius 1 is 1.14 bits per heavy atom. The van der Waals surface area contributed by atoms with E-state index < -0.39 is 12.1 Å². The number of carboxylic acid groups (broad SMARTS) is 1. The molecule has 37 heavy (non-hydrogen) atoms. The third-order valence-electron chi connectivity index (χ3n) is 7.04. The van der Waals surface area contributed by atoms with E-state index in [9.17, 15) is 14.7 Å². The second-order valence-electron chi connectivity index (χ2n) is 9.59. The van der Waals surface area contributed by atoms with Crippen LogP contribution in [0.5, 0.6) is 0 Å². The van der Waals surface area contributed by atoms with Gasteiger partial charge in [-0.15, -0.1) is 11.8 Å². The lowest BCUT2D eigenvalue weighted by Gasteiger charge is -2.38. The van der Waals surface area contributed by atoms with Crippen LogP contribution in [0.25, 0.3) is 0 Å². The molecule has 1 aliphatic heterocycles. The number of amides is 1. The fourth-order valence-corrected chi connectivity index (χ4v) is 6.04. The summed E-state index contributed by atoms with van der Waals surface area (Å²) in [7, 11) is 0. The molecule has 2 aliphatic rings. The molecule has 1 heterocycles. The first-order chi connectivity index (χ1) is 17.9. The number of ether oxygens (including phenoxy) is 1. The van der Waals surface area contributed by atoms with E-state index in [-0.39, 0.29) is 24.1 Å². The van der Waals surface area contributed by atoms with Crippen molar-refractivity contribution >= 4 is 35.0 Å². The van der Waals surface area contributed by atoms with Gasteiger partial charge in [0.15, 0.2) is 0 Å². The fraction of sp³-hybridized carbons (Fsp3) is 0.448. The van der Waals surface area contributed by atoms with Crippen LogP contribution in [0.2, 0.25) is 0 Å². The van der Waals surface area contributed by atoms with Crippen molar-refractivity contribution in [1.29, 1.82) is 0 Å². The summed E-state index contributed by atoms with van der Waals surface area (Å²) in [4.78, 5) is 27.6. The second kappa shape index (κ2) is 12.6. The topological polar surface area (TPSA) is 90.9 Å². The predicted octanol–water partition coefficient (Wildman–Crippen LogP) is 4.88. The maximum Gasteiger partial charge on any atom is 0.331 e. The highest BCUT2D eigenvalue weighted by Crippen LogP contribution is 2.38. The summed E-state index contributed by atoms with van der Waals surface area (Å²) in [6, 6.07) is 16.3. The molecule has 0 radical (unpaired) electrons. The summed E-state index contributed by atoms with van der Waals surface area (Å²) in [5.74, 6) is -0.0615. The van der Waals surface area contributed by atoms with E-state index in [0.29, 0.717) is 18.5 Å². The molecular weight excluding hydrogens is 486 g/mol. The number of hydrogen-bond donors (Lipinski definition) is 3. The van der Waals surface area contributed by atoms with Gasteiger partial charge in [0.1, 0.15) is 0 Å². The summed E-state index contributed by atoms with van der Waals surface area (Å²) in [6.07, 6.45) is 3.11. The zero-order valence-electron chi connectivity index (χ0n) is 21.8. The van der Waals surface area contributed by atoms with Crippen LogP contribution in [0.3, 0.4) is 0 Å². The zero-order valence-corrected chi connectivity index (χ0v) is 22.6. The minimum atomic E-state index is -0.949. The molecule has 1 amide bonds. The van der Waals surface area contributed by atoms with Gasteiger partial charge in [0.25, 0.3) is 0 Å². The number of fused-ring (bicyclic) bond motifs is 1. The van der Waals surface area contributed by atoms with E-state index in [0.717, 1.165) is 36.4 Å². The molecule has 7 nitrogen and oxygen atoms in total. The van der Waals surface area contributed by atoms with E-state index in [1.54, 1.807) is 6.08 Å². The lowest BCUT2D eigenvalue weighted by atomic mass is 9.87. The smallest absolute Gasteiger partial charge is 0.331 e. The van der Waals surface area contributed by atoms with E-state index in [4.69, 9.17) is 4.74 Å². The molecule has 4 rings (SSSR count). The van der Waals surface area contributed by atoms with Crippen molar-refractivity contribution < 1.29 is 19.4 Å². The maximum absolute atomic E-state index is 12.1. The molecule has 0 bridgehead atoms. The van der Waals surface area contributed by atoms with Crippen molar-refractivity contribution in [2.75, 3.05) is 17.2 Å². The van der Waals surface area contributed by atoms with Gasteiger partial charge < -0.3 is 25.4 Å². The molecule has 3 atom stereocenters. The molecule has 0 spiro atoms. The van der Waals surface area contributed by atoms with Crippen molar-refractivity contribution in [3.05, 3.63) is 65.7 Å². The average Bonchev–Trinajstić information content (AvgIpc) is 2.91. The predicted molar refractivity (Wildman–Crippen MR) is 148 cm³/mol. The number of carbonyl (C=O) groups excluding carboxylic acids is 1. The Bertz CT molecular complexity index is 1120. The lowest BCUT2D eigenvalue weighted by Crippen LogP contribution is -2.58. The van der Waals surface area contributed by atoms with Crippen LogP contribution < -0.4 is 15.5 Å². The summed E-state index contributed by atoms with van der Waals surface area (Å²) >= 11 is 1.89. The molecular formula is C29H37N3O4S. The molecule has 8 heteroatoms. The third-order valence-corrected chi connectivity index (χ3v) is 8.09. The minimum absolute atomic E-state index is 0.00262. The largest absolute Gasteiger partial charge is 0.478 e. The van der Waals surface area contributed by atoms with E-state index in [2.05, 4.69) is 64.1 Å². The Morgan fingerprint density at radius 3 is 2.54 bits per heavy atom. The Balaban J connectivity index is 1.48. The van der Waals surface area contributed by atoms with Gasteiger partial charge in [-0.05, 0) is 55.2 Å². The number of carboxylic acids is 1. The maximum atomic E-state index is 12.1. The van der Waals surface area contributed by atoms with Gasteiger partial charge in [0, 0.05) is 48.0 Å². The first kappa shape index (κ1) is 27.2. The molecule has 0 fully saturated rings. The SMILES string of the molecule is CCC(CC)O[C@@H]1C=C(C(=O)O)C[C@H](NCc2ccc(N3CCSc4ccccc43)cc2)[C@H]1NC(C)=O. The highest BCUT2D eigenvalue weighted by Gasteiger charge is 2.37. The Labute approximate surface area is 223 Å². The van der Waals surface area contributed by atoms with Crippen LogP contribution >= 0.6 is 11.8 Å². The number of benzene rings is 2. The molecule has 0 aromatic heterocycles. The monoisotopic (exact) mass is 523 g/mol. The number of carbonyl (C=O) groups is 2. The number of aliphatic carboxylic acids is 1. The van der Waals surface area contributed by atoms with Crippen molar-refractivity contribution in [3.8, 4) is 0 Å². The van der Waals surface area contributed by atoms with Gasteiger partial charge in [-0.3, -0.25) is 4.79 Å². The fourth-order valence-electron chi connectivity index (χ4n) is 5.05. The molecule has 3 N–H and O–H groups in total. The van der Waals surface area contributed by atoms with E-state index in [1.807, 2.05) is 25.6 Å². The normalized spacial score (nSPS) is 21.4. The third kappa shape index (κ3) is 6.74. The van der Waals surface area contributed by atoms with Crippen molar-refractivity contribution in [3.63, 3.8) is 0 Å². The summed E-state index contributed by atoms with van der Waals surface area (Å²) in [5.41, 5.74) is 3.79. The van der Waals surface area contributed by atoms with E-state index >= 15 is 0 Å². The number of anilines is 2. The summed E-state index contributed by atoms with van der Waals surface area (Å²) < 4.78 is 6.28. The number of thioether (sulfide) groups is 1. The zero-order chi connectivity index (χ0) is 26.4. The van der Waals surface area contributed by atoms with Crippen LogP contribution in [0, 0.1) is 0 Å². The van der Waals surface area contributed by atoms with Crippen LogP contribution in [0.15, 0.2) is 65.1 Å². The van der Waals surface area contributed by atoms with Crippen LogP contribution in [0.4, 0.5) is 11.4 Å². The van der Waals surface area contributed by atoms with Crippen LogP contribution in [0.1, 0.15) is 45.6 Å². The van der Waals surface area contributed by atoms with Gasteiger partial charge in [-0.1, -0.05) is 38.1 Å². The van der Waals surface area contributed by atoms with Gasteiger partial charge in [0.2, 0.25) is 5.91 Å². The number of nitrogens with zero attached hydrogens (tertiary/aromatic N) is 1. The molecule has 0 unspecified atom stereocenters. The van der Waals surface area contributed by atoms with Crippen LogP contribution in [-0.2, 0) is 20.9 Å². The highest BCUT2D eigenvalue weighted by molar-refractivity contribution is 7.99. The Morgan fingerprint density at radius 2 is 1.86 bits per heavy atom. The molecule has 2 aromatic rings. The lowest BCUT2D eigenvalue weighted by molar-refractivity contribution is -0.133. The summed E-state index contributed by atoms with van der Waals surface area (Å²) in [6.45, 7) is 7.09. The van der Waals surface area contributed by atoms with Gasteiger partial charge in [-0.2, -0.15) is 0 Å². The van der Waals surface area contributed by atoms with Crippen molar-refractivity contribution in [2.24, 2.45) is 0 Å². The first-order valence-electron chi connectivity index (χ1n) is 13.1. The summed E-state index contributed by atoms with van der Waals surface area (Å²) in [5, 5.41) is 16.3. The molecule has 0 saturated carbocycles. The van der Waals surface area contributed by atoms with Crippen molar-refractivity contribution in [1.82, 2.24) is 10.6 Å². The standard InChI is InChI=1S/C29H37N3O4S/c1-4-23(5-2)36-26-17-21(29(34)35)16-24(28(26)31-19(3)33)30-18-20-10-12-22(13-11-20)32-14-15-37-27-9-7-6-8-25(27)32/h6-13,17,23-24,26,28,30H,4-5,14-16,18H2,1-3H3,(H,31,33)(H,34,35)/t24-,26+,28+/m0/s1. The van der Waals surface area contributed by atoms with Gasteiger partial charge in [-0.25, -0.2) is 4.79 Å².